The van der Waals surface area contributed by atoms with Gasteiger partial charge in [-0.2, -0.15) is 15.0 Å². The number of rotatable bonds is 8. The van der Waals surface area contributed by atoms with Crippen molar-refractivity contribution in [3.8, 4) is 11.3 Å². The highest BCUT2D eigenvalue weighted by atomic mass is 35.5. The summed E-state index contributed by atoms with van der Waals surface area (Å²) in [6, 6.07) is 24.5. The molecule has 0 fully saturated rings. The van der Waals surface area contributed by atoms with Gasteiger partial charge in [-0.05, 0) is 36.2 Å². The lowest BCUT2D eigenvalue weighted by molar-refractivity contribution is 0.573. The van der Waals surface area contributed by atoms with E-state index in [9.17, 15) is 4.39 Å². The lowest BCUT2D eigenvalue weighted by atomic mass is 10.1. The molecular weight excluding hydrogens is 399 g/mol. The van der Waals surface area contributed by atoms with Crippen LogP contribution in [0.25, 0.3) is 11.3 Å². The molecule has 0 unspecified atom stereocenters. The van der Waals surface area contributed by atoms with Crippen LogP contribution in [-0.2, 0) is 19.5 Å². The van der Waals surface area contributed by atoms with Crippen molar-refractivity contribution in [2.75, 3.05) is 6.54 Å². The minimum absolute atomic E-state index is 0.171. The average Bonchev–Trinajstić information content (AvgIpc) is 3.17. The Labute approximate surface area is 180 Å². The maximum atomic E-state index is 13.8. The smallest absolute Gasteiger partial charge is 0.126 e. The Kier molecular flexibility index (Phi) is 6.52. The Hall–Kier alpha value is -3.02. The number of benzene rings is 3. The van der Waals surface area contributed by atoms with Crippen molar-refractivity contribution < 1.29 is 4.39 Å². The van der Waals surface area contributed by atoms with Crippen LogP contribution < -0.4 is 5.32 Å². The summed E-state index contributed by atoms with van der Waals surface area (Å²) in [4.78, 5) is 1.68. The largest absolute Gasteiger partial charge is 0.311 e. The molecule has 0 spiro atoms. The number of nitrogens with one attached hydrogen (secondary N) is 1. The van der Waals surface area contributed by atoms with Gasteiger partial charge in [-0.1, -0.05) is 78.3 Å². The quantitative estimate of drug-likeness (QED) is 0.402. The molecule has 1 heterocycles. The van der Waals surface area contributed by atoms with Crippen LogP contribution in [0.3, 0.4) is 0 Å². The van der Waals surface area contributed by atoms with E-state index in [0.717, 1.165) is 22.5 Å². The van der Waals surface area contributed by atoms with Gasteiger partial charge in [0.25, 0.3) is 0 Å². The van der Waals surface area contributed by atoms with E-state index >= 15 is 0 Å². The van der Waals surface area contributed by atoms with Crippen molar-refractivity contribution in [2.45, 2.75) is 19.5 Å². The molecule has 4 rings (SSSR count). The SMILES string of the molecule is Fc1ccccc1CCNCc1nn(Cc2ccccc2Cl)nc1-c1ccccc1. The zero-order valence-electron chi connectivity index (χ0n) is 16.4. The number of halogens is 2. The van der Waals surface area contributed by atoms with Crippen LogP contribution in [0.2, 0.25) is 5.02 Å². The third-order valence-electron chi connectivity index (χ3n) is 4.86. The summed E-state index contributed by atoms with van der Waals surface area (Å²) in [5, 5.41) is 13.5. The third-order valence-corrected chi connectivity index (χ3v) is 5.23. The fourth-order valence-corrected chi connectivity index (χ4v) is 3.50. The lowest BCUT2D eigenvalue weighted by Gasteiger charge is -2.05. The van der Waals surface area contributed by atoms with E-state index in [1.807, 2.05) is 66.7 Å². The van der Waals surface area contributed by atoms with Crippen LogP contribution in [0.4, 0.5) is 4.39 Å². The maximum absolute atomic E-state index is 13.8. The van der Waals surface area contributed by atoms with Gasteiger partial charge in [-0.3, -0.25) is 0 Å². The second kappa shape index (κ2) is 9.65. The summed E-state index contributed by atoms with van der Waals surface area (Å²) in [5.74, 6) is -0.171. The molecule has 30 heavy (non-hydrogen) atoms. The Morgan fingerprint density at radius 2 is 1.53 bits per heavy atom. The van der Waals surface area contributed by atoms with Crippen molar-refractivity contribution >= 4 is 11.6 Å². The molecule has 0 amide bonds. The minimum atomic E-state index is -0.171. The molecule has 0 aliphatic carbocycles. The molecule has 152 valence electrons. The van der Waals surface area contributed by atoms with E-state index in [1.165, 1.54) is 6.07 Å². The molecule has 0 aliphatic heterocycles. The predicted molar refractivity (Wildman–Crippen MR) is 118 cm³/mol. The molecular formula is C24H22ClFN4. The second-order valence-electron chi connectivity index (χ2n) is 7.00. The molecule has 0 aliphatic rings. The normalized spacial score (nSPS) is 11.0. The van der Waals surface area contributed by atoms with E-state index in [1.54, 1.807) is 10.9 Å². The molecule has 0 atom stereocenters. The molecule has 0 bridgehead atoms. The topological polar surface area (TPSA) is 42.7 Å². The summed E-state index contributed by atoms with van der Waals surface area (Å²) < 4.78 is 13.8. The van der Waals surface area contributed by atoms with E-state index < -0.39 is 0 Å². The molecule has 0 saturated heterocycles. The molecule has 0 radical (unpaired) electrons. The predicted octanol–water partition coefficient (Wildman–Crippen LogP) is 5.12. The van der Waals surface area contributed by atoms with Gasteiger partial charge in [0.05, 0.1) is 6.54 Å². The van der Waals surface area contributed by atoms with Crippen molar-refractivity contribution in [3.05, 3.63) is 107 Å². The molecule has 1 N–H and O–H groups in total. The Morgan fingerprint density at radius 3 is 2.30 bits per heavy atom. The zero-order chi connectivity index (χ0) is 20.8. The molecule has 4 nitrogen and oxygen atoms in total. The van der Waals surface area contributed by atoms with Gasteiger partial charge < -0.3 is 5.32 Å². The number of nitrogens with zero attached hydrogens (tertiary/aromatic N) is 3. The van der Waals surface area contributed by atoms with Gasteiger partial charge in [0.2, 0.25) is 0 Å². The number of hydrogen-bond acceptors (Lipinski definition) is 3. The van der Waals surface area contributed by atoms with Crippen LogP contribution in [0.1, 0.15) is 16.8 Å². The maximum Gasteiger partial charge on any atom is 0.126 e. The highest BCUT2D eigenvalue weighted by Crippen LogP contribution is 2.21. The molecule has 6 heteroatoms. The van der Waals surface area contributed by atoms with Crippen LogP contribution in [-0.4, -0.2) is 21.5 Å². The first-order valence-electron chi connectivity index (χ1n) is 9.87. The average molecular weight is 421 g/mol. The summed E-state index contributed by atoms with van der Waals surface area (Å²) in [6.45, 7) is 1.68. The van der Waals surface area contributed by atoms with Gasteiger partial charge in [-0.25, -0.2) is 4.39 Å². The van der Waals surface area contributed by atoms with Crippen LogP contribution in [0.15, 0.2) is 78.9 Å². The first kappa shape index (κ1) is 20.3. The fraction of sp³-hybridized carbons (Fsp3) is 0.167. The van der Waals surface area contributed by atoms with Crippen LogP contribution >= 0.6 is 11.6 Å². The summed E-state index contributed by atoms with van der Waals surface area (Å²) in [7, 11) is 0. The number of hydrogen-bond donors (Lipinski definition) is 1. The Balaban J connectivity index is 1.50. The zero-order valence-corrected chi connectivity index (χ0v) is 17.2. The van der Waals surface area contributed by atoms with E-state index in [-0.39, 0.29) is 5.82 Å². The van der Waals surface area contributed by atoms with Gasteiger partial charge in [-0.15, -0.1) is 0 Å². The Bertz CT molecular complexity index is 1110. The standard InChI is InChI=1S/C24H22ClFN4/c25-21-12-6-4-11-20(21)17-30-28-23(24(29-30)19-9-2-1-3-10-19)16-27-15-14-18-8-5-7-13-22(18)26/h1-13,27H,14-17H2. The van der Waals surface area contributed by atoms with Gasteiger partial charge >= 0.3 is 0 Å². The highest BCUT2D eigenvalue weighted by Gasteiger charge is 2.14. The summed E-state index contributed by atoms with van der Waals surface area (Å²) in [5.41, 5.74) is 4.36. The van der Waals surface area contributed by atoms with Crippen molar-refractivity contribution in [1.29, 1.82) is 0 Å². The lowest BCUT2D eigenvalue weighted by Crippen LogP contribution is -2.18. The Morgan fingerprint density at radius 1 is 0.833 bits per heavy atom. The van der Waals surface area contributed by atoms with Crippen molar-refractivity contribution in [1.82, 2.24) is 20.3 Å². The van der Waals surface area contributed by atoms with Crippen molar-refractivity contribution in [3.63, 3.8) is 0 Å². The third kappa shape index (κ3) is 4.93. The van der Waals surface area contributed by atoms with E-state index in [4.69, 9.17) is 21.8 Å². The van der Waals surface area contributed by atoms with Gasteiger partial charge in [0.1, 0.15) is 17.2 Å². The summed E-state index contributed by atoms with van der Waals surface area (Å²) >= 11 is 6.30. The molecule has 1 aromatic heterocycles. The summed E-state index contributed by atoms with van der Waals surface area (Å²) in [6.07, 6.45) is 0.612. The monoisotopic (exact) mass is 420 g/mol. The first-order chi connectivity index (χ1) is 14.7. The molecule has 0 saturated carbocycles. The van der Waals surface area contributed by atoms with Crippen LogP contribution in [0, 0.1) is 5.82 Å². The highest BCUT2D eigenvalue weighted by molar-refractivity contribution is 6.31. The molecule has 3 aromatic carbocycles. The van der Waals surface area contributed by atoms with Crippen LogP contribution in [0.5, 0.6) is 0 Å². The van der Waals surface area contributed by atoms with E-state index in [0.29, 0.717) is 36.6 Å². The van der Waals surface area contributed by atoms with Crippen molar-refractivity contribution in [2.24, 2.45) is 0 Å². The fourth-order valence-electron chi connectivity index (χ4n) is 3.30. The minimum Gasteiger partial charge on any atom is -0.311 e. The van der Waals surface area contributed by atoms with Gasteiger partial charge in [0.15, 0.2) is 0 Å². The molecule has 4 aromatic rings. The van der Waals surface area contributed by atoms with Gasteiger partial charge in [0, 0.05) is 17.1 Å². The second-order valence-corrected chi connectivity index (χ2v) is 7.41. The first-order valence-corrected chi connectivity index (χ1v) is 10.3. The van der Waals surface area contributed by atoms with E-state index in [2.05, 4.69) is 5.32 Å². The number of aromatic nitrogens is 3.